The van der Waals surface area contributed by atoms with Crippen molar-refractivity contribution in [1.29, 1.82) is 0 Å². The molecule has 0 saturated heterocycles. The molecule has 1 heterocycles. The molecule has 0 aliphatic carbocycles. The van der Waals surface area contributed by atoms with Gasteiger partial charge in [0.25, 0.3) is 5.91 Å². The predicted octanol–water partition coefficient (Wildman–Crippen LogP) is 0.158. The first-order valence-corrected chi connectivity index (χ1v) is 7.13. The largest absolute Gasteiger partial charge is 0.391 e. The van der Waals surface area contributed by atoms with Gasteiger partial charge >= 0.3 is 6.03 Å². The highest BCUT2D eigenvalue weighted by molar-refractivity contribution is 7.13. The van der Waals surface area contributed by atoms with E-state index in [1.54, 1.807) is 0 Å². The maximum absolute atomic E-state index is 12.0. The van der Waals surface area contributed by atoms with Crippen molar-refractivity contribution in [2.75, 3.05) is 17.7 Å². The molecular formula is C9H13ClN6O4S. The zero-order chi connectivity index (χ0) is 15.8. The maximum Gasteiger partial charge on any atom is 0.341 e. The highest BCUT2D eigenvalue weighted by atomic mass is 35.5. The zero-order valence-electron chi connectivity index (χ0n) is 10.9. The minimum absolute atomic E-state index is 0.00448. The van der Waals surface area contributed by atoms with Crippen molar-refractivity contribution in [2.45, 2.75) is 19.1 Å². The smallest absolute Gasteiger partial charge is 0.341 e. The van der Waals surface area contributed by atoms with E-state index in [-0.39, 0.29) is 17.6 Å². The van der Waals surface area contributed by atoms with Crippen LogP contribution in [0.3, 0.4) is 0 Å². The summed E-state index contributed by atoms with van der Waals surface area (Å²) in [4.78, 5) is 34.2. The SMILES string of the molecule is CC(O)C(NC(=O)N(CCCl)N=O)C(=O)Nc1nncs1. The Bertz CT molecular complexity index is 485. The van der Waals surface area contributed by atoms with E-state index in [4.69, 9.17) is 11.6 Å². The van der Waals surface area contributed by atoms with E-state index in [2.05, 4.69) is 26.1 Å². The molecule has 12 heteroatoms. The van der Waals surface area contributed by atoms with Gasteiger partial charge in [0.2, 0.25) is 5.13 Å². The number of rotatable bonds is 7. The predicted molar refractivity (Wildman–Crippen MR) is 75.8 cm³/mol. The molecule has 0 saturated carbocycles. The summed E-state index contributed by atoms with van der Waals surface area (Å²) in [5, 5.41) is 24.5. The van der Waals surface area contributed by atoms with Crippen molar-refractivity contribution in [3.63, 3.8) is 0 Å². The third-order valence-corrected chi connectivity index (χ3v) is 3.04. The summed E-state index contributed by atoms with van der Waals surface area (Å²) in [6, 6.07) is -2.23. The number of halogens is 1. The number of aromatic nitrogens is 2. The molecule has 1 aromatic rings. The number of carbonyl (C=O) groups is 2. The van der Waals surface area contributed by atoms with E-state index in [1.165, 1.54) is 12.4 Å². The monoisotopic (exact) mass is 336 g/mol. The second-order valence-corrected chi connectivity index (χ2v) is 5.01. The van der Waals surface area contributed by atoms with E-state index >= 15 is 0 Å². The van der Waals surface area contributed by atoms with Gasteiger partial charge in [-0.05, 0) is 6.92 Å². The third kappa shape index (κ3) is 5.21. The van der Waals surface area contributed by atoms with E-state index < -0.39 is 24.1 Å². The summed E-state index contributed by atoms with van der Waals surface area (Å²) < 4.78 is 0. The molecule has 2 atom stereocenters. The summed E-state index contributed by atoms with van der Waals surface area (Å²) in [5.41, 5.74) is 1.41. The number of nitroso groups, excluding NO2 is 1. The lowest BCUT2D eigenvalue weighted by Gasteiger charge is -2.22. The first kappa shape index (κ1) is 17.2. The number of hydrogen-bond acceptors (Lipinski definition) is 8. The average molecular weight is 337 g/mol. The fraction of sp³-hybridized carbons (Fsp3) is 0.556. The van der Waals surface area contributed by atoms with Crippen molar-refractivity contribution in [1.82, 2.24) is 20.5 Å². The topological polar surface area (TPSA) is 137 Å². The normalized spacial score (nSPS) is 13.1. The number of nitrogens with one attached hydrogen (secondary N) is 2. The second-order valence-electron chi connectivity index (χ2n) is 3.79. The molecule has 1 rings (SSSR count). The Kier molecular flexibility index (Phi) is 6.91. The lowest BCUT2D eigenvalue weighted by Crippen LogP contribution is -2.53. The summed E-state index contributed by atoms with van der Waals surface area (Å²) in [6.07, 6.45) is -1.20. The molecule has 2 unspecified atom stereocenters. The summed E-state index contributed by atoms with van der Waals surface area (Å²) in [6.45, 7) is 1.19. The van der Waals surface area contributed by atoms with Gasteiger partial charge in [0.15, 0.2) is 0 Å². The molecule has 0 radical (unpaired) electrons. The van der Waals surface area contributed by atoms with Crippen LogP contribution in [0.25, 0.3) is 0 Å². The molecule has 10 nitrogen and oxygen atoms in total. The van der Waals surface area contributed by atoms with Crippen molar-refractivity contribution in [3.05, 3.63) is 10.4 Å². The Balaban J connectivity index is 2.70. The molecular weight excluding hydrogens is 324 g/mol. The van der Waals surface area contributed by atoms with Crippen LogP contribution < -0.4 is 10.6 Å². The average Bonchev–Trinajstić information content (AvgIpc) is 2.94. The van der Waals surface area contributed by atoms with E-state index in [0.717, 1.165) is 11.3 Å². The molecule has 0 bridgehead atoms. The van der Waals surface area contributed by atoms with Crippen molar-refractivity contribution in [3.8, 4) is 0 Å². The van der Waals surface area contributed by atoms with E-state index in [0.29, 0.717) is 5.01 Å². The van der Waals surface area contributed by atoms with Gasteiger partial charge < -0.3 is 10.4 Å². The molecule has 0 aromatic carbocycles. The van der Waals surface area contributed by atoms with Crippen LogP contribution in [0, 0.1) is 4.91 Å². The number of urea groups is 1. The standard InChI is InChI=1S/C9H13ClN6O4S/c1-5(17)6(7(18)13-8-14-11-4-21-8)12-9(19)16(15-20)3-2-10/h4-6,17H,2-3H2,1H3,(H,12,19)(H,13,14,18). The third-order valence-electron chi connectivity index (χ3n) is 2.26. The lowest BCUT2D eigenvalue weighted by molar-refractivity contribution is -0.120. The lowest BCUT2D eigenvalue weighted by atomic mass is 10.1. The Hall–Kier alpha value is -1.85. The molecule has 116 valence electrons. The van der Waals surface area contributed by atoms with Gasteiger partial charge in [0.1, 0.15) is 11.6 Å². The second kappa shape index (κ2) is 8.44. The molecule has 3 N–H and O–H groups in total. The highest BCUT2D eigenvalue weighted by Gasteiger charge is 2.28. The minimum Gasteiger partial charge on any atom is -0.391 e. The summed E-state index contributed by atoms with van der Waals surface area (Å²) in [7, 11) is 0. The fourth-order valence-corrected chi connectivity index (χ4v) is 1.89. The Morgan fingerprint density at radius 2 is 2.33 bits per heavy atom. The van der Waals surface area contributed by atoms with Gasteiger partial charge in [-0.3, -0.25) is 10.1 Å². The number of aliphatic hydroxyl groups is 1. The highest BCUT2D eigenvalue weighted by Crippen LogP contribution is 2.09. The van der Waals surface area contributed by atoms with Gasteiger partial charge in [0, 0.05) is 5.88 Å². The van der Waals surface area contributed by atoms with Gasteiger partial charge in [-0.25, -0.2) is 4.79 Å². The quantitative estimate of drug-likeness (QED) is 0.368. The van der Waals surface area contributed by atoms with Crippen LogP contribution in [0.5, 0.6) is 0 Å². The van der Waals surface area contributed by atoms with Crippen LogP contribution in [0.1, 0.15) is 6.92 Å². The fourth-order valence-electron chi connectivity index (χ4n) is 1.28. The van der Waals surface area contributed by atoms with Crippen LogP contribution in [-0.4, -0.2) is 56.8 Å². The van der Waals surface area contributed by atoms with Crippen LogP contribution in [0.15, 0.2) is 10.8 Å². The van der Waals surface area contributed by atoms with Gasteiger partial charge in [0.05, 0.1) is 17.9 Å². The van der Waals surface area contributed by atoms with Crippen molar-refractivity contribution in [2.24, 2.45) is 5.29 Å². The first-order valence-electron chi connectivity index (χ1n) is 5.72. The van der Waals surface area contributed by atoms with Crippen LogP contribution in [-0.2, 0) is 4.79 Å². The number of nitrogens with zero attached hydrogens (tertiary/aromatic N) is 4. The maximum atomic E-state index is 12.0. The van der Waals surface area contributed by atoms with Gasteiger partial charge in [-0.15, -0.1) is 26.7 Å². The minimum atomic E-state index is -1.29. The Morgan fingerprint density at radius 1 is 1.62 bits per heavy atom. The molecule has 0 aliphatic rings. The summed E-state index contributed by atoms with van der Waals surface area (Å²) >= 11 is 6.49. The van der Waals surface area contributed by atoms with Crippen molar-refractivity contribution >= 4 is 40.0 Å². The Labute approximate surface area is 128 Å². The number of hydrogen-bond donors (Lipinski definition) is 3. The molecule has 0 aliphatic heterocycles. The molecule has 0 fully saturated rings. The molecule has 0 spiro atoms. The van der Waals surface area contributed by atoms with Crippen LogP contribution in [0.2, 0.25) is 0 Å². The molecule has 21 heavy (non-hydrogen) atoms. The number of aliphatic hydroxyl groups excluding tert-OH is 1. The number of amides is 3. The first-order chi connectivity index (χ1) is 9.99. The van der Waals surface area contributed by atoms with Gasteiger partial charge in [-0.1, -0.05) is 11.3 Å². The summed E-state index contributed by atoms with van der Waals surface area (Å²) in [5.74, 6) is -0.706. The Morgan fingerprint density at radius 3 is 2.81 bits per heavy atom. The molecule has 1 aromatic heterocycles. The number of alkyl halides is 1. The number of anilines is 1. The van der Waals surface area contributed by atoms with E-state index in [9.17, 15) is 19.6 Å². The van der Waals surface area contributed by atoms with E-state index in [1.807, 2.05) is 0 Å². The number of carbonyl (C=O) groups excluding carboxylic acids is 2. The zero-order valence-corrected chi connectivity index (χ0v) is 12.5. The molecule has 3 amide bonds. The van der Waals surface area contributed by atoms with Crippen LogP contribution in [0.4, 0.5) is 9.93 Å². The van der Waals surface area contributed by atoms with Crippen LogP contribution >= 0.6 is 22.9 Å². The van der Waals surface area contributed by atoms with Crippen molar-refractivity contribution < 1.29 is 14.7 Å². The van der Waals surface area contributed by atoms with Gasteiger partial charge in [-0.2, -0.15) is 5.01 Å².